The van der Waals surface area contributed by atoms with Crippen LogP contribution in [0, 0.1) is 5.82 Å². The molecule has 0 saturated carbocycles. The summed E-state index contributed by atoms with van der Waals surface area (Å²) >= 11 is 0. The lowest BCUT2D eigenvalue weighted by Crippen LogP contribution is -2.23. The van der Waals surface area contributed by atoms with Crippen molar-refractivity contribution in [1.82, 2.24) is 0 Å². The van der Waals surface area contributed by atoms with Crippen LogP contribution in [0.5, 0.6) is 0 Å². The maximum atomic E-state index is 13.5. The number of benzene rings is 3. The molecular formula is C23H18FN3. The van der Waals surface area contributed by atoms with Gasteiger partial charge in [-0.05, 0) is 52.6 Å². The topological polar surface area (TPSA) is 50.4 Å². The number of halogens is 1. The largest absolute Gasteiger partial charge is 0.399 e. The molecular weight excluding hydrogens is 337 g/mol. The van der Waals surface area contributed by atoms with Crippen LogP contribution in [0.4, 0.5) is 15.8 Å². The molecule has 2 heterocycles. The molecule has 0 aliphatic carbocycles. The number of hydrogen-bond acceptors (Lipinski definition) is 3. The highest BCUT2D eigenvalue weighted by Gasteiger charge is 2.38. The lowest BCUT2D eigenvalue weighted by molar-refractivity contribution is 0.627. The molecule has 5 rings (SSSR count). The Bertz CT molecular complexity index is 1070. The second kappa shape index (κ2) is 6.09. The molecule has 2 unspecified atom stereocenters. The maximum Gasteiger partial charge on any atom is 0.129 e. The van der Waals surface area contributed by atoms with Crippen LogP contribution in [0.25, 0.3) is 11.1 Å². The number of anilines is 2. The monoisotopic (exact) mass is 355 g/mol. The molecule has 4 heteroatoms. The number of nitrogens with zero attached hydrogens (tertiary/aromatic N) is 1. The standard InChI is InChI=1S/C23H18FN3/c24-16-8-6-14(7-9-16)19-13-26-23-22(21(19)15-4-2-1-3-5-15)18-12-17(25)10-11-20(18)27-23/h1-13,22-23,27H,25H2. The van der Waals surface area contributed by atoms with Crippen molar-refractivity contribution in [3.8, 4) is 0 Å². The normalized spacial score (nSPS) is 20.2. The van der Waals surface area contributed by atoms with Crippen LogP contribution in [0.3, 0.4) is 0 Å². The quantitative estimate of drug-likeness (QED) is 0.640. The van der Waals surface area contributed by atoms with Gasteiger partial charge < -0.3 is 11.1 Å². The van der Waals surface area contributed by atoms with E-state index in [0.29, 0.717) is 0 Å². The molecule has 0 aromatic heterocycles. The van der Waals surface area contributed by atoms with Gasteiger partial charge in [0.25, 0.3) is 0 Å². The van der Waals surface area contributed by atoms with Crippen molar-refractivity contribution in [1.29, 1.82) is 0 Å². The SMILES string of the molecule is Nc1ccc2c(c1)C1C(c3ccccc3)=C(c3ccc(F)cc3)C=NC1N2. The highest BCUT2D eigenvalue weighted by Crippen LogP contribution is 2.49. The second-order valence-electron chi connectivity index (χ2n) is 6.89. The van der Waals surface area contributed by atoms with Crippen LogP contribution >= 0.6 is 0 Å². The van der Waals surface area contributed by atoms with E-state index in [9.17, 15) is 4.39 Å². The number of nitrogens with one attached hydrogen (secondary N) is 1. The summed E-state index contributed by atoms with van der Waals surface area (Å²) < 4.78 is 13.5. The molecule has 0 saturated heterocycles. The van der Waals surface area contributed by atoms with Crippen LogP contribution in [0.15, 0.2) is 77.8 Å². The fourth-order valence-corrected chi connectivity index (χ4v) is 4.02. The van der Waals surface area contributed by atoms with Gasteiger partial charge in [0.2, 0.25) is 0 Å². The van der Waals surface area contributed by atoms with Gasteiger partial charge in [0.15, 0.2) is 0 Å². The average molecular weight is 355 g/mol. The Balaban J connectivity index is 1.76. The molecule has 3 aromatic carbocycles. The third kappa shape index (κ3) is 2.61. The van der Waals surface area contributed by atoms with Crippen molar-refractivity contribution < 1.29 is 4.39 Å². The van der Waals surface area contributed by atoms with Gasteiger partial charge in [-0.1, -0.05) is 42.5 Å². The lowest BCUT2D eigenvalue weighted by Gasteiger charge is -2.27. The minimum absolute atomic E-state index is 0.0518. The molecule has 0 radical (unpaired) electrons. The Morgan fingerprint density at radius 3 is 2.44 bits per heavy atom. The predicted octanol–water partition coefficient (Wildman–Crippen LogP) is 4.94. The molecule has 3 N–H and O–H groups in total. The van der Waals surface area contributed by atoms with Crippen molar-refractivity contribution >= 4 is 28.7 Å². The van der Waals surface area contributed by atoms with Gasteiger partial charge in [-0.2, -0.15) is 0 Å². The summed E-state index contributed by atoms with van der Waals surface area (Å²) in [7, 11) is 0. The van der Waals surface area contributed by atoms with Crippen LogP contribution < -0.4 is 11.1 Å². The fourth-order valence-electron chi connectivity index (χ4n) is 4.02. The molecule has 3 nitrogen and oxygen atoms in total. The Hall–Kier alpha value is -3.40. The van der Waals surface area contributed by atoms with Gasteiger partial charge >= 0.3 is 0 Å². The smallest absolute Gasteiger partial charge is 0.129 e. The van der Waals surface area contributed by atoms with E-state index in [1.54, 1.807) is 0 Å². The lowest BCUT2D eigenvalue weighted by atomic mass is 9.80. The Morgan fingerprint density at radius 1 is 0.889 bits per heavy atom. The summed E-state index contributed by atoms with van der Waals surface area (Å²) in [5.74, 6) is -0.192. The molecule has 0 spiro atoms. The maximum absolute atomic E-state index is 13.5. The first-order valence-electron chi connectivity index (χ1n) is 8.95. The van der Waals surface area contributed by atoms with Gasteiger partial charge in [0, 0.05) is 23.2 Å². The number of rotatable bonds is 2. The van der Waals surface area contributed by atoms with Gasteiger partial charge in [0.05, 0.1) is 5.92 Å². The third-order valence-electron chi connectivity index (χ3n) is 5.24. The molecule has 0 amide bonds. The first-order chi connectivity index (χ1) is 13.2. The van der Waals surface area contributed by atoms with Crippen molar-refractivity contribution in [2.24, 2.45) is 4.99 Å². The molecule has 27 heavy (non-hydrogen) atoms. The summed E-state index contributed by atoms with van der Waals surface area (Å²) in [6, 6.07) is 22.8. The minimum atomic E-state index is -0.244. The van der Waals surface area contributed by atoms with E-state index in [1.165, 1.54) is 17.7 Å². The van der Waals surface area contributed by atoms with Crippen LogP contribution in [0.2, 0.25) is 0 Å². The molecule has 0 fully saturated rings. The number of hydrogen-bond donors (Lipinski definition) is 2. The Kier molecular flexibility index (Phi) is 3.57. The summed E-state index contributed by atoms with van der Waals surface area (Å²) in [5, 5.41) is 3.50. The third-order valence-corrected chi connectivity index (χ3v) is 5.24. The Labute approximate surface area is 157 Å². The number of nitrogens with two attached hydrogens (primary N) is 1. The predicted molar refractivity (Wildman–Crippen MR) is 109 cm³/mol. The van der Waals surface area contributed by atoms with Crippen molar-refractivity contribution in [3.05, 3.63) is 95.3 Å². The first-order valence-corrected chi connectivity index (χ1v) is 8.95. The zero-order chi connectivity index (χ0) is 18.4. The highest BCUT2D eigenvalue weighted by molar-refractivity contribution is 6.22. The van der Waals surface area contributed by atoms with E-state index < -0.39 is 0 Å². The number of nitrogen functional groups attached to an aromatic ring is 1. The zero-order valence-electron chi connectivity index (χ0n) is 14.6. The van der Waals surface area contributed by atoms with Gasteiger partial charge in [-0.25, -0.2) is 4.39 Å². The van der Waals surface area contributed by atoms with Crippen molar-refractivity contribution in [2.45, 2.75) is 12.1 Å². The van der Waals surface area contributed by atoms with Gasteiger partial charge in [0.1, 0.15) is 12.0 Å². The van der Waals surface area contributed by atoms with Crippen LogP contribution in [0.1, 0.15) is 22.6 Å². The van der Waals surface area contributed by atoms with E-state index in [2.05, 4.69) is 17.4 Å². The summed E-state index contributed by atoms with van der Waals surface area (Å²) in [6.45, 7) is 0. The van der Waals surface area contributed by atoms with Crippen LogP contribution in [-0.4, -0.2) is 12.4 Å². The number of aliphatic imine (C=N–C) groups is 1. The first kappa shape index (κ1) is 15.8. The van der Waals surface area contributed by atoms with E-state index in [1.807, 2.05) is 54.7 Å². The molecule has 2 aliphatic heterocycles. The second-order valence-corrected chi connectivity index (χ2v) is 6.89. The summed E-state index contributed by atoms with van der Waals surface area (Å²) in [5.41, 5.74) is 13.3. The van der Waals surface area contributed by atoms with E-state index in [0.717, 1.165) is 33.6 Å². The molecule has 0 bridgehead atoms. The zero-order valence-corrected chi connectivity index (χ0v) is 14.6. The van der Waals surface area contributed by atoms with Crippen molar-refractivity contribution in [2.75, 3.05) is 11.1 Å². The highest BCUT2D eigenvalue weighted by atomic mass is 19.1. The molecule has 132 valence electrons. The Morgan fingerprint density at radius 2 is 1.67 bits per heavy atom. The molecule has 2 aliphatic rings. The van der Waals surface area contributed by atoms with E-state index in [4.69, 9.17) is 10.7 Å². The summed E-state index contributed by atoms with van der Waals surface area (Å²) in [6.07, 6.45) is 1.83. The molecule has 3 aromatic rings. The van der Waals surface area contributed by atoms with E-state index in [-0.39, 0.29) is 17.9 Å². The van der Waals surface area contributed by atoms with E-state index >= 15 is 0 Å². The van der Waals surface area contributed by atoms with Crippen molar-refractivity contribution in [3.63, 3.8) is 0 Å². The number of dihydropyridines is 1. The number of allylic oxidation sites excluding steroid dienone is 1. The minimum Gasteiger partial charge on any atom is -0.399 e. The van der Waals surface area contributed by atoms with Gasteiger partial charge in [-0.15, -0.1) is 0 Å². The van der Waals surface area contributed by atoms with Gasteiger partial charge in [-0.3, -0.25) is 4.99 Å². The van der Waals surface area contributed by atoms with Crippen LogP contribution in [-0.2, 0) is 0 Å². The fraction of sp³-hybridized carbons (Fsp3) is 0.0870. The average Bonchev–Trinajstić information content (AvgIpc) is 3.06. The molecule has 2 atom stereocenters. The summed E-state index contributed by atoms with van der Waals surface area (Å²) in [4.78, 5) is 4.76. The number of fused-ring (bicyclic) bond motifs is 3.